The number of halogens is 8. The second-order valence-electron chi connectivity index (χ2n) is 13.5. The Hall–Kier alpha value is -2.66. The summed E-state index contributed by atoms with van der Waals surface area (Å²) in [5.41, 5.74) is 14.8. The summed E-state index contributed by atoms with van der Waals surface area (Å²) in [5.74, 6) is 0. The molecule has 0 aliphatic carbocycles. The first-order valence-electron chi connectivity index (χ1n) is 18.0. The molecule has 0 radical (unpaired) electrons. The van der Waals surface area contributed by atoms with Gasteiger partial charge in [0.25, 0.3) is 0 Å². The summed E-state index contributed by atoms with van der Waals surface area (Å²) in [6.45, 7) is 0. The largest absolute Gasteiger partial charge is 0.0622 e. The number of hydrogen-bond acceptors (Lipinski definition) is 0. The summed E-state index contributed by atoms with van der Waals surface area (Å²) in [4.78, 5) is 0. The van der Waals surface area contributed by atoms with Gasteiger partial charge in [0.05, 0.1) is 0 Å². The summed E-state index contributed by atoms with van der Waals surface area (Å²) in [7, 11) is 0. The molecule has 0 amide bonds. The average molecular weight is 1270 g/mol. The van der Waals surface area contributed by atoms with E-state index < -0.39 is 0 Å². The molecule has 284 valence electrons. The minimum absolute atomic E-state index is 0.931. The topological polar surface area (TPSA) is 0 Å². The van der Waals surface area contributed by atoms with Crippen molar-refractivity contribution in [2.45, 2.75) is 0 Å². The van der Waals surface area contributed by atoms with Crippen molar-refractivity contribution in [3.63, 3.8) is 0 Å². The van der Waals surface area contributed by atoms with E-state index in [1.54, 1.807) is 0 Å². The van der Waals surface area contributed by atoms with Gasteiger partial charge in [-0.1, -0.05) is 249 Å². The molecule has 0 N–H and O–H groups in total. The zero-order valence-corrected chi connectivity index (χ0v) is 42.9. The van der Waals surface area contributed by atoms with Crippen LogP contribution in [-0.4, -0.2) is 0 Å². The number of benzene rings is 8. The van der Waals surface area contributed by atoms with E-state index in [-0.39, 0.29) is 0 Å². The van der Waals surface area contributed by atoms with Gasteiger partial charge in [-0.05, 0) is 93.0 Å². The van der Waals surface area contributed by atoms with Gasteiger partial charge in [-0.2, -0.15) is 0 Å². The van der Waals surface area contributed by atoms with Crippen LogP contribution in [0, 0.1) is 0 Å². The van der Waals surface area contributed by atoms with E-state index in [9.17, 15) is 0 Å². The Morgan fingerprint density at radius 3 is 0.517 bits per heavy atom. The molecule has 58 heavy (non-hydrogen) atoms. The fourth-order valence-electron chi connectivity index (χ4n) is 7.19. The lowest BCUT2D eigenvalue weighted by Crippen LogP contribution is -2.04. The van der Waals surface area contributed by atoms with Crippen LogP contribution in [0.3, 0.4) is 0 Å². The molecule has 0 aromatic heterocycles. The maximum atomic E-state index is 4.12. The van der Waals surface area contributed by atoms with E-state index in [1.807, 2.05) is 24.3 Å². The molecule has 0 atom stereocenters. The zero-order valence-electron chi connectivity index (χ0n) is 30.2. The summed E-state index contributed by atoms with van der Waals surface area (Å²) in [5, 5.41) is 0. The summed E-state index contributed by atoms with van der Waals surface area (Å²) < 4.78 is 7.45. The maximum absolute atomic E-state index is 4.12. The van der Waals surface area contributed by atoms with Gasteiger partial charge >= 0.3 is 0 Å². The van der Waals surface area contributed by atoms with E-state index in [4.69, 9.17) is 0 Å². The normalized spacial score (nSPS) is 11.1. The Morgan fingerprint density at radius 1 is 0.207 bits per heavy atom. The third kappa shape index (κ3) is 8.73. The highest BCUT2D eigenvalue weighted by atomic mass is 79.9. The van der Waals surface area contributed by atoms with Crippen molar-refractivity contribution in [2.75, 3.05) is 0 Å². The van der Waals surface area contributed by atoms with Gasteiger partial charge in [0.2, 0.25) is 0 Å². The lowest BCUT2D eigenvalue weighted by Gasteiger charge is -2.26. The van der Waals surface area contributed by atoms with Crippen LogP contribution < -0.4 is 0 Å². The predicted molar refractivity (Wildman–Crippen MR) is 274 cm³/mol. The first-order valence-corrected chi connectivity index (χ1v) is 24.4. The van der Waals surface area contributed by atoms with Crippen LogP contribution in [0.15, 0.2) is 206 Å². The molecule has 0 saturated carbocycles. The van der Waals surface area contributed by atoms with Crippen molar-refractivity contribution >= 4 is 139 Å². The zero-order chi connectivity index (χ0) is 40.5. The van der Waals surface area contributed by atoms with Crippen LogP contribution in [0.25, 0.3) is 55.7 Å². The first kappa shape index (κ1) is 42.0. The Bertz CT molecular complexity index is 2350. The molecule has 0 unspecified atom stereocenters. The van der Waals surface area contributed by atoms with Crippen molar-refractivity contribution in [2.24, 2.45) is 0 Å². The second kappa shape index (κ2) is 18.5. The van der Waals surface area contributed by atoms with Crippen LogP contribution in [0.2, 0.25) is 0 Å². The number of hydrogen-bond donors (Lipinski definition) is 0. The molecule has 8 heteroatoms. The molecule has 0 bridgehead atoms. The van der Waals surface area contributed by atoms with Crippen LogP contribution in [0.1, 0.15) is 22.3 Å². The Morgan fingerprint density at radius 2 is 0.362 bits per heavy atom. The van der Waals surface area contributed by atoms with E-state index in [1.165, 1.54) is 0 Å². The van der Waals surface area contributed by atoms with E-state index >= 15 is 0 Å². The van der Waals surface area contributed by atoms with Crippen LogP contribution in [-0.2, 0) is 0 Å². The van der Waals surface area contributed by atoms with Crippen LogP contribution in [0.5, 0.6) is 0 Å². The molecule has 0 aliphatic rings. The van der Waals surface area contributed by atoms with E-state index in [0.717, 1.165) is 114 Å². The third-order valence-electron chi connectivity index (χ3n) is 9.85. The molecule has 8 aromatic rings. The smallest absolute Gasteiger partial charge is 0.0271 e. The molecule has 0 nitrogen and oxygen atoms in total. The highest BCUT2D eigenvalue weighted by Crippen LogP contribution is 2.53. The predicted octanol–water partition coefficient (Wildman–Crippen LogP) is 19.5. The standard InChI is InChI=1S/C50H28Br8/c51-37-21-33(29-13-5-1-6-14-29)22-38(52)45(37)49(46-39(53)23-34(24-40(46)54)30-15-7-2-8-16-30)50(47-41(55)25-35(26-42(47)56)31-17-9-3-10-18-31)48-43(57)27-36(28-44(48)58)32-19-11-4-12-20-32/h1-28H. The molecule has 8 rings (SSSR count). The highest BCUT2D eigenvalue weighted by Gasteiger charge is 2.30. The van der Waals surface area contributed by atoms with Gasteiger partial charge in [0.1, 0.15) is 0 Å². The summed E-state index contributed by atoms with van der Waals surface area (Å²) in [6, 6.07) is 59.5. The fourth-order valence-corrected chi connectivity index (χ4v) is 13.5. The fraction of sp³-hybridized carbons (Fsp3) is 0. The minimum Gasteiger partial charge on any atom is -0.0622 e. The van der Waals surface area contributed by atoms with Gasteiger partial charge in [0.15, 0.2) is 0 Å². The molecule has 0 aliphatic heterocycles. The van der Waals surface area contributed by atoms with Gasteiger partial charge < -0.3 is 0 Å². The van der Waals surface area contributed by atoms with Crippen molar-refractivity contribution in [1.29, 1.82) is 0 Å². The molecular formula is C50H28Br8. The quantitative estimate of drug-likeness (QED) is 0.133. The Balaban J connectivity index is 1.52. The third-order valence-corrected chi connectivity index (χ3v) is 14.9. The van der Waals surface area contributed by atoms with Crippen LogP contribution >= 0.6 is 127 Å². The van der Waals surface area contributed by atoms with Gasteiger partial charge in [-0.15, -0.1) is 0 Å². The van der Waals surface area contributed by atoms with E-state index in [2.05, 4.69) is 273 Å². The molecular weight excluding hydrogens is 1240 g/mol. The van der Waals surface area contributed by atoms with Crippen molar-refractivity contribution < 1.29 is 0 Å². The molecule has 0 heterocycles. The molecule has 8 aromatic carbocycles. The van der Waals surface area contributed by atoms with Gasteiger partial charge in [-0.3, -0.25) is 0 Å². The summed E-state index contributed by atoms with van der Waals surface area (Å²) in [6.07, 6.45) is 0. The second-order valence-corrected chi connectivity index (χ2v) is 20.3. The van der Waals surface area contributed by atoms with Crippen molar-refractivity contribution in [3.05, 3.63) is 228 Å². The van der Waals surface area contributed by atoms with Crippen molar-refractivity contribution in [3.8, 4) is 44.5 Å². The molecule has 0 saturated heterocycles. The monoisotopic (exact) mass is 1260 g/mol. The minimum atomic E-state index is 0.931. The van der Waals surface area contributed by atoms with Crippen LogP contribution in [0.4, 0.5) is 0 Å². The maximum Gasteiger partial charge on any atom is 0.0271 e. The highest BCUT2D eigenvalue weighted by molar-refractivity contribution is 9.12. The average Bonchev–Trinajstić information content (AvgIpc) is 3.22. The SMILES string of the molecule is Brc1cc(-c2ccccc2)cc(Br)c1C(=C(c1c(Br)cc(-c2ccccc2)cc1Br)c1c(Br)cc(-c2ccccc2)cc1Br)c1c(Br)cc(-c2ccccc2)cc1Br. The number of rotatable bonds is 8. The Kier molecular flexibility index (Phi) is 13.4. The Labute approximate surface area is 406 Å². The molecule has 0 fully saturated rings. The summed E-state index contributed by atoms with van der Waals surface area (Å²) >= 11 is 33.0. The lowest BCUT2D eigenvalue weighted by atomic mass is 9.84. The van der Waals surface area contributed by atoms with Crippen molar-refractivity contribution in [1.82, 2.24) is 0 Å². The van der Waals surface area contributed by atoms with Gasteiger partial charge in [0, 0.05) is 69.2 Å². The van der Waals surface area contributed by atoms with E-state index in [0.29, 0.717) is 0 Å². The molecule has 0 spiro atoms. The first-order chi connectivity index (χ1) is 28.1. The van der Waals surface area contributed by atoms with Gasteiger partial charge in [-0.25, -0.2) is 0 Å². The lowest BCUT2D eigenvalue weighted by molar-refractivity contribution is 1.40.